The van der Waals surface area contributed by atoms with Crippen LogP contribution in [0.2, 0.25) is 0 Å². The predicted molar refractivity (Wildman–Crippen MR) is 92.9 cm³/mol. The molecule has 25 heavy (non-hydrogen) atoms. The molecule has 3 aromatic carbocycles. The van der Waals surface area contributed by atoms with Gasteiger partial charge in [0.15, 0.2) is 11.5 Å². The largest absolute Gasteiger partial charge is 0.497 e. The van der Waals surface area contributed by atoms with E-state index >= 15 is 0 Å². The summed E-state index contributed by atoms with van der Waals surface area (Å²) in [5, 5.41) is 1.97. The summed E-state index contributed by atoms with van der Waals surface area (Å²) in [6.45, 7) is 0.880. The SMILES string of the molecule is COc1ccc2ccc(OC(=O)c3cccc4c3OCCO4)cc2c1. The third-order valence-corrected chi connectivity index (χ3v) is 4.02. The maximum atomic E-state index is 12.6. The zero-order valence-corrected chi connectivity index (χ0v) is 13.7. The van der Waals surface area contributed by atoms with Gasteiger partial charge in [0.05, 0.1) is 7.11 Å². The van der Waals surface area contributed by atoms with Gasteiger partial charge in [0.1, 0.15) is 30.3 Å². The fourth-order valence-corrected chi connectivity index (χ4v) is 2.79. The third-order valence-electron chi connectivity index (χ3n) is 4.02. The average Bonchev–Trinajstić information content (AvgIpc) is 2.66. The Morgan fingerprint density at radius 3 is 2.52 bits per heavy atom. The van der Waals surface area contributed by atoms with Crippen LogP contribution in [0, 0.1) is 0 Å². The molecule has 1 aliphatic rings. The first-order valence-corrected chi connectivity index (χ1v) is 7.93. The van der Waals surface area contributed by atoms with Crippen molar-refractivity contribution in [3.05, 3.63) is 60.2 Å². The lowest BCUT2D eigenvalue weighted by atomic mass is 10.1. The van der Waals surface area contributed by atoms with E-state index in [9.17, 15) is 4.79 Å². The molecule has 4 rings (SSSR count). The number of hydrogen-bond donors (Lipinski definition) is 0. The van der Waals surface area contributed by atoms with E-state index in [1.165, 1.54) is 0 Å². The van der Waals surface area contributed by atoms with Gasteiger partial charge >= 0.3 is 5.97 Å². The number of para-hydroxylation sites is 1. The Labute approximate surface area is 144 Å². The summed E-state index contributed by atoms with van der Waals surface area (Å²) >= 11 is 0. The molecule has 5 nitrogen and oxygen atoms in total. The van der Waals surface area contributed by atoms with Crippen LogP contribution in [0.25, 0.3) is 10.8 Å². The highest BCUT2D eigenvalue weighted by Crippen LogP contribution is 2.34. The Bertz CT molecular complexity index is 948. The van der Waals surface area contributed by atoms with Crippen LogP contribution in [-0.2, 0) is 0 Å². The highest BCUT2D eigenvalue weighted by molar-refractivity contribution is 5.95. The van der Waals surface area contributed by atoms with Gasteiger partial charge in [-0.25, -0.2) is 4.79 Å². The van der Waals surface area contributed by atoms with E-state index in [2.05, 4.69) is 0 Å². The smallest absolute Gasteiger partial charge is 0.347 e. The molecule has 0 atom stereocenters. The fourth-order valence-electron chi connectivity index (χ4n) is 2.79. The number of ether oxygens (including phenoxy) is 4. The van der Waals surface area contributed by atoms with Crippen molar-refractivity contribution in [2.75, 3.05) is 20.3 Å². The Kier molecular flexibility index (Phi) is 3.90. The molecule has 1 aliphatic heterocycles. The first-order chi connectivity index (χ1) is 12.2. The highest BCUT2D eigenvalue weighted by Gasteiger charge is 2.21. The molecule has 126 valence electrons. The van der Waals surface area contributed by atoms with Gasteiger partial charge in [-0.2, -0.15) is 0 Å². The number of carbonyl (C=O) groups is 1. The Hall–Kier alpha value is -3.21. The molecule has 0 N–H and O–H groups in total. The van der Waals surface area contributed by atoms with Crippen molar-refractivity contribution >= 4 is 16.7 Å². The lowest BCUT2D eigenvalue weighted by molar-refractivity contribution is 0.0724. The molecule has 0 bridgehead atoms. The Morgan fingerprint density at radius 1 is 0.920 bits per heavy atom. The Balaban J connectivity index is 1.64. The lowest BCUT2D eigenvalue weighted by Gasteiger charge is -2.20. The summed E-state index contributed by atoms with van der Waals surface area (Å²) in [6.07, 6.45) is 0. The topological polar surface area (TPSA) is 54.0 Å². The quantitative estimate of drug-likeness (QED) is 0.537. The first kappa shape index (κ1) is 15.3. The van der Waals surface area contributed by atoms with E-state index in [1.54, 1.807) is 31.4 Å². The van der Waals surface area contributed by atoms with Crippen molar-refractivity contribution in [2.45, 2.75) is 0 Å². The molecule has 0 fully saturated rings. The molecule has 0 unspecified atom stereocenters. The average molecular weight is 336 g/mol. The molecule has 0 aromatic heterocycles. The van der Waals surface area contributed by atoms with Crippen molar-refractivity contribution in [1.82, 2.24) is 0 Å². The number of methoxy groups -OCH3 is 1. The molecule has 0 saturated carbocycles. The molecule has 0 saturated heterocycles. The summed E-state index contributed by atoms with van der Waals surface area (Å²) in [4.78, 5) is 12.6. The summed E-state index contributed by atoms with van der Waals surface area (Å²) in [5.41, 5.74) is 0.350. The number of esters is 1. The second-order valence-electron chi connectivity index (χ2n) is 5.59. The fraction of sp³-hybridized carbons (Fsp3) is 0.150. The van der Waals surface area contributed by atoms with Crippen molar-refractivity contribution in [3.63, 3.8) is 0 Å². The van der Waals surface area contributed by atoms with Crippen molar-refractivity contribution < 1.29 is 23.7 Å². The minimum Gasteiger partial charge on any atom is -0.497 e. The summed E-state index contributed by atoms with van der Waals surface area (Å²) < 4.78 is 21.8. The lowest BCUT2D eigenvalue weighted by Crippen LogP contribution is -2.19. The van der Waals surface area contributed by atoms with Crippen molar-refractivity contribution in [2.24, 2.45) is 0 Å². The van der Waals surface area contributed by atoms with E-state index in [0.717, 1.165) is 16.5 Å². The van der Waals surface area contributed by atoms with Gasteiger partial charge in [0, 0.05) is 0 Å². The number of fused-ring (bicyclic) bond motifs is 2. The van der Waals surface area contributed by atoms with Gasteiger partial charge in [-0.05, 0) is 47.2 Å². The molecule has 0 amide bonds. The second-order valence-corrected chi connectivity index (χ2v) is 5.59. The second kappa shape index (κ2) is 6.36. The van der Waals surface area contributed by atoms with E-state index in [0.29, 0.717) is 36.0 Å². The normalized spacial score (nSPS) is 12.7. The van der Waals surface area contributed by atoms with E-state index in [-0.39, 0.29) is 0 Å². The van der Waals surface area contributed by atoms with Crippen LogP contribution in [-0.4, -0.2) is 26.3 Å². The van der Waals surface area contributed by atoms with E-state index in [1.807, 2.05) is 30.3 Å². The van der Waals surface area contributed by atoms with E-state index < -0.39 is 5.97 Å². The van der Waals surface area contributed by atoms with Crippen LogP contribution in [0.3, 0.4) is 0 Å². The molecule has 0 radical (unpaired) electrons. The van der Waals surface area contributed by atoms with Crippen LogP contribution in [0.4, 0.5) is 0 Å². The predicted octanol–water partition coefficient (Wildman–Crippen LogP) is 3.84. The molecule has 3 aromatic rings. The summed E-state index contributed by atoms with van der Waals surface area (Å²) in [6, 6.07) is 16.4. The van der Waals surface area contributed by atoms with E-state index in [4.69, 9.17) is 18.9 Å². The number of carbonyl (C=O) groups excluding carboxylic acids is 1. The van der Waals surface area contributed by atoms with Gasteiger partial charge in [0.25, 0.3) is 0 Å². The molecule has 0 aliphatic carbocycles. The highest BCUT2D eigenvalue weighted by atomic mass is 16.6. The number of hydrogen-bond acceptors (Lipinski definition) is 5. The monoisotopic (exact) mass is 336 g/mol. The maximum Gasteiger partial charge on any atom is 0.347 e. The molecule has 5 heteroatoms. The third kappa shape index (κ3) is 2.96. The molecular formula is C20H16O5. The van der Waals surface area contributed by atoms with Gasteiger partial charge in [-0.3, -0.25) is 0 Å². The van der Waals surface area contributed by atoms with Crippen LogP contribution in [0.15, 0.2) is 54.6 Å². The minimum absolute atomic E-state index is 0.350. The van der Waals surface area contributed by atoms with Crippen LogP contribution >= 0.6 is 0 Å². The zero-order chi connectivity index (χ0) is 17.2. The summed E-state index contributed by atoms with van der Waals surface area (Å²) in [7, 11) is 1.62. The van der Waals surface area contributed by atoms with Gasteiger partial charge in [0.2, 0.25) is 0 Å². The first-order valence-electron chi connectivity index (χ1n) is 7.93. The molecule has 1 heterocycles. The van der Waals surface area contributed by atoms with Crippen LogP contribution in [0.5, 0.6) is 23.0 Å². The zero-order valence-electron chi connectivity index (χ0n) is 13.7. The summed E-state index contributed by atoms with van der Waals surface area (Å²) in [5.74, 6) is 1.72. The van der Waals surface area contributed by atoms with Gasteiger partial charge in [-0.15, -0.1) is 0 Å². The van der Waals surface area contributed by atoms with Crippen molar-refractivity contribution in [1.29, 1.82) is 0 Å². The maximum absolute atomic E-state index is 12.6. The van der Waals surface area contributed by atoms with Gasteiger partial charge in [-0.1, -0.05) is 18.2 Å². The van der Waals surface area contributed by atoms with Crippen molar-refractivity contribution in [3.8, 4) is 23.0 Å². The molecule has 0 spiro atoms. The number of rotatable bonds is 3. The number of benzene rings is 3. The standard InChI is InChI=1S/C20H16O5/c1-22-15-7-5-13-6-8-16(12-14(13)11-15)25-20(21)17-3-2-4-18-19(17)24-10-9-23-18/h2-8,11-12H,9-10H2,1H3. The van der Waals surface area contributed by atoms with Gasteiger partial charge < -0.3 is 18.9 Å². The van der Waals surface area contributed by atoms with Crippen LogP contribution in [0.1, 0.15) is 10.4 Å². The minimum atomic E-state index is -0.482. The van der Waals surface area contributed by atoms with Crippen LogP contribution < -0.4 is 18.9 Å². The Morgan fingerprint density at radius 2 is 1.68 bits per heavy atom. The molecular weight excluding hydrogens is 320 g/mol.